The second kappa shape index (κ2) is 8.18. The molecule has 0 spiro atoms. The quantitative estimate of drug-likeness (QED) is 0.758. The SMILES string of the molecule is CCCNC(C)c1ccc(N(CCO)C(C)C)cc1. The third-order valence-corrected chi connectivity index (χ3v) is 3.39. The van der Waals surface area contributed by atoms with E-state index in [9.17, 15) is 0 Å². The lowest BCUT2D eigenvalue weighted by atomic mass is 10.1. The maximum Gasteiger partial charge on any atom is 0.0606 e. The number of hydrogen-bond acceptors (Lipinski definition) is 3. The number of aliphatic hydroxyl groups is 1. The van der Waals surface area contributed by atoms with Crippen molar-refractivity contribution in [2.75, 3.05) is 24.6 Å². The molecule has 0 bridgehead atoms. The maximum absolute atomic E-state index is 9.14. The lowest BCUT2D eigenvalue weighted by Gasteiger charge is -2.28. The molecule has 1 aromatic carbocycles. The predicted octanol–water partition coefficient (Wildman–Crippen LogP) is 2.95. The zero-order chi connectivity index (χ0) is 14.3. The highest BCUT2D eigenvalue weighted by atomic mass is 16.3. The van der Waals surface area contributed by atoms with E-state index in [0.29, 0.717) is 18.6 Å². The van der Waals surface area contributed by atoms with Crippen LogP contribution in [0.3, 0.4) is 0 Å². The van der Waals surface area contributed by atoms with Gasteiger partial charge in [-0.3, -0.25) is 0 Å². The minimum Gasteiger partial charge on any atom is -0.395 e. The van der Waals surface area contributed by atoms with E-state index in [-0.39, 0.29) is 6.61 Å². The topological polar surface area (TPSA) is 35.5 Å². The van der Waals surface area contributed by atoms with Gasteiger partial charge in [0.1, 0.15) is 0 Å². The van der Waals surface area contributed by atoms with Gasteiger partial charge in [-0.25, -0.2) is 0 Å². The summed E-state index contributed by atoms with van der Waals surface area (Å²) in [6.45, 7) is 10.6. The number of nitrogens with zero attached hydrogens (tertiary/aromatic N) is 1. The van der Waals surface area contributed by atoms with Crippen LogP contribution in [-0.4, -0.2) is 30.8 Å². The Labute approximate surface area is 117 Å². The Bertz CT molecular complexity index is 348. The monoisotopic (exact) mass is 264 g/mol. The molecule has 0 aliphatic rings. The Kier molecular flexibility index (Phi) is 6.89. The smallest absolute Gasteiger partial charge is 0.0606 e. The van der Waals surface area contributed by atoms with Crippen molar-refractivity contribution in [3.63, 3.8) is 0 Å². The Balaban J connectivity index is 2.73. The van der Waals surface area contributed by atoms with E-state index in [1.54, 1.807) is 0 Å². The summed E-state index contributed by atoms with van der Waals surface area (Å²) < 4.78 is 0. The van der Waals surface area contributed by atoms with Crippen molar-refractivity contribution in [2.45, 2.75) is 46.2 Å². The first-order chi connectivity index (χ1) is 9.10. The van der Waals surface area contributed by atoms with Gasteiger partial charge < -0.3 is 15.3 Å². The zero-order valence-corrected chi connectivity index (χ0v) is 12.7. The van der Waals surface area contributed by atoms with Crippen LogP contribution in [0, 0.1) is 0 Å². The van der Waals surface area contributed by atoms with E-state index in [2.05, 4.69) is 62.2 Å². The van der Waals surface area contributed by atoms with Gasteiger partial charge in [-0.15, -0.1) is 0 Å². The van der Waals surface area contributed by atoms with E-state index in [1.807, 2.05) is 0 Å². The van der Waals surface area contributed by atoms with Gasteiger partial charge in [0, 0.05) is 24.3 Å². The Morgan fingerprint density at radius 1 is 1.16 bits per heavy atom. The van der Waals surface area contributed by atoms with Crippen LogP contribution in [0.1, 0.15) is 45.7 Å². The Hall–Kier alpha value is -1.06. The first-order valence-corrected chi connectivity index (χ1v) is 7.31. The van der Waals surface area contributed by atoms with Gasteiger partial charge >= 0.3 is 0 Å². The third kappa shape index (κ3) is 4.84. The van der Waals surface area contributed by atoms with Crippen molar-refractivity contribution in [1.29, 1.82) is 0 Å². The first-order valence-electron chi connectivity index (χ1n) is 7.31. The molecular formula is C16H28N2O. The predicted molar refractivity (Wildman–Crippen MR) is 82.7 cm³/mol. The molecule has 0 saturated carbocycles. The van der Waals surface area contributed by atoms with E-state index >= 15 is 0 Å². The summed E-state index contributed by atoms with van der Waals surface area (Å²) >= 11 is 0. The average Bonchev–Trinajstić information content (AvgIpc) is 2.42. The van der Waals surface area contributed by atoms with Crippen molar-refractivity contribution in [3.05, 3.63) is 29.8 Å². The molecule has 1 atom stereocenters. The van der Waals surface area contributed by atoms with Crippen molar-refractivity contribution in [1.82, 2.24) is 5.32 Å². The maximum atomic E-state index is 9.14. The van der Waals surface area contributed by atoms with Crippen molar-refractivity contribution in [2.24, 2.45) is 0 Å². The summed E-state index contributed by atoms with van der Waals surface area (Å²) in [7, 11) is 0. The van der Waals surface area contributed by atoms with Crippen LogP contribution in [0.5, 0.6) is 0 Å². The van der Waals surface area contributed by atoms with Crippen molar-refractivity contribution >= 4 is 5.69 Å². The van der Waals surface area contributed by atoms with Crippen LogP contribution < -0.4 is 10.2 Å². The molecule has 1 rings (SSSR count). The van der Waals surface area contributed by atoms with Gasteiger partial charge in [-0.1, -0.05) is 19.1 Å². The van der Waals surface area contributed by atoms with Crippen LogP contribution in [0.2, 0.25) is 0 Å². The Morgan fingerprint density at radius 2 is 1.79 bits per heavy atom. The zero-order valence-electron chi connectivity index (χ0n) is 12.7. The van der Waals surface area contributed by atoms with Crippen LogP contribution in [0.25, 0.3) is 0 Å². The fourth-order valence-corrected chi connectivity index (χ4v) is 2.23. The molecule has 0 fully saturated rings. The number of aliphatic hydroxyl groups excluding tert-OH is 1. The summed E-state index contributed by atoms with van der Waals surface area (Å²) in [5, 5.41) is 12.6. The highest BCUT2D eigenvalue weighted by Gasteiger charge is 2.10. The molecule has 0 heterocycles. The molecule has 3 nitrogen and oxygen atoms in total. The summed E-state index contributed by atoms with van der Waals surface area (Å²) in [5.41, 5.74) is 2.49. The van der Waals surface area contributed by atoms with E-state index in [4.69, 9.17) is 5.11 Å². The van der Waals surface area contributed by atoms with Gasteiger partial charge in [-0.05, 0) is 51.4 Å². The molecule has 0 amide bonds. The van der Waals surface area contributed by atoms with Crippen LogP contribution in [0.15, 0.2) is 24.3 Å². The van der Waals surface area contributed by atoms with Gasteiger partial charge in [0.15, 0.2) is 0 Å². The number of nitrogens with one attached hydrogen (secondary N) is 1. The molecule has 1 unspecified atom stereocenters. The largest absolute Gasteiger partial charge is 0.395 e. The van der Waals surface area contributed by atoms with Gasteiger partial charge in [0.05, 0.1) is 6.61 Å². The second-order valence-corrected chi connectivity index (χ2v) is 5.28. The molecule has 3 heteroatoms. The molecular weight excluding hydrogens is 236 g/mol. The highest BCUT2D eigenvalue weighted by Crippen LogP contribution is 2.20. The molecule has 0 aromatic heterocycles. The molecule has 0 radical (unpaired) electrons. The molecule has 0 aliphatic heterocycles. The standard InChI is InChI=1S/C16H28N2O/c1-5-10-17-14(4)15-6-8-16(9-7-15)18(11-12-19)13(2)3/h6-9,13-14,17,19H,5,10-12H2,1-4H3. The van der Waals surface area contributed by atoms with Gasteiger partial charge in [0.2, 0.25) is 0 Å². The molecule has 1 aromatic rings. The van der Waals surface area contributed by atoms with E-state index in [0.717, 1.165) is 13.0 Å². The minimum atomic E-state index is 0.189. The van der Waals surface area contributed by atoms with Gasteiger partial charge in [-0.2, -0.15) is 0 Å². The Morgan fingerprint density at radius 3 is 2.26 bits per heavy atom. The number of rotatable bonds is 8. The number of benzene rings is 1. The van der Waals surface area contributed by atoms with Crippen LogP contribution in [-0.2, 0) is 0 Å². The molecule has 0 saturated heterocycles. The second-order valence-electron chi connectivity index (χ2n) is 5.28. The van der Waals surface area contributed by atoms with Crippen molar-refractivity contribution in [3.8, 4) is 0 Å². The van der Waals surface area contributed by atoms with E-state index in [1.165, 1.54) is 11.3 Å². The molecule has 2 N–H and O–H groups in total. The number of anilines is 1. The highest BCUT2D eigenvalue weighted by molar-refractivity contribution is 5.48. The summed E-state index contributed by atoms with van der Waals surface area (Å²) in [5.74, 6) is 0. The number of hydrogen-bond donors (Lipinski definition) is 2. The first kappa shape index (κ1) is 16.0. The fraction of sp³-hybridized carbons (Fsp3) is 0.625. The molecule has 0 aliphatic carbocycles. The summed E-state index contributed by atoms with van der Waals surface area (Å²) in [6.07, 6.45) is 1.15. The fourth-order valence-electron chi connectivity index (χ4n) is 2.23. The average molecular weight is 264 g/mol. The lowest BCUT2D eigenvalue weighted by molar-refractivity contribution is 0.299. The van der Waals surface area contributed by atoms with Gasteiger partial charge in [0.25, 0.3) is 0 Å². The van der Waals surface area contributed by atoms with Crippen molar-refractivity contribution < 1.29 is 5.11 Å². The molecule has 108 valence electrons. The normalized spacial score (nSPS) is 12.7. The van der Waals surface area contributed by atoms with Crippen LogP contribution in [0.4, 0.5) is 5.69 Å². The third-order valence-electron chi connectivity index (χ3n) is 3.39. The summed E-state index contributed by atoms with van der Waals surface area (Å²) in [4.78, 5) is 2.22. The van der Waals surface area contributed by atoms with Crippen LogP contribution >= 0.6 is 0 Å². The molecule has 19 heavy (non-hydrogen) atoms. The lowest BCUT2D eigenvalue weighted by Crippen LogP contribution is -2.33. The van der Waals surface area contributed by atoms with E-state index < -0.39 is 0 Å². The summed E-state index contributed by atoms with van der Waals surface area (Å²) in [6, 6.07) is 9.43. The minimum absolute atomic E-state index is 0.189.